The van der Waals surface area contributed by atoms with Crippen LogP contribution in [0.15, 0.2) is 48.5 Å². The molecule has 2 aromatic rings. The molecular formula is C26H35N3O3. The first kappa shape index (κ1) is 23.8. The number of benzene rings is 2. The molecule has 0 radical (unpaired) electrons. The van der Waals surface area contributed by atoms with Gasteiger partial charge in [-0.05, 0) is 55.5 Å². The summed E-state index contributed by atoms with van der Waals surface area (Å²) < 4.78 is 5.31. The van der Waals surface area contributed by atoms with Gasteiger partial charge in [0, 0.05) is 31.2 Å². The van der Waals surface area contributed by atoms with Crippen molar-refractivity contribution in [2.24, 2.45) is 5.92 Å². The number of piperidine rings is 1. The fraction of sp³-hybridized carbons (Fsp3) is 0.462. The molecule has 2 N–H and O–H groups in total. The molecule has 1 unspecified atom stereocenters. The van der Waals surface area contributed by atoms with E-state index >= 15 is 0 Å². The van der Waals surface area contributed by atoms with Crippen LogP contribution in [0.3, 0.4) is 0 Å². The van der Waals surface area contributed by atoms with Gasteiger partial charge in [0.2, 0.25) is 5.91 Å². The van der Waals surface area contributed by atoms with E-state index in [9.17, 15) is 9.59 Å². The zero-order chi connectivity index (χ0) is 23.1. The van der Waals surface area contributed by atoms with Crippen LogP contribution < -0.4 is 15.4 Å². The van der Waals surface area contributed by atoms with Crippen molar-refractivity contribution in [1.82, 2.24) is 15.5 Å². The van der Waals surface area contributed by atoms with E-state index in [1.54, 1.807) is 19.2 Å². The molecule has 1 heterocycles. The maximum atomic E-state index is 13.0. The average molecular weight is 438 g/mol. The second kappa shape index (κ2) is 11.1. The molecule has 0 saturated carbocycles. The molecule has 0 bridgehead atoms. The van der Waals surface area contributed by atoms with E-state index in [1.165, 1.54) is 5.56 Å². The molecule has 2 aromatic carbocycles. The lowest BCUT2D eigenvalue weighted by Crippen LogP contribution is -2.53. The Morgan fingerprint density at radius 2 is 1.78 bits per heavy atom. The lowest BCUT2D eigenvalue weighted by Gasteiger charge is -2.33. The summed E-state index contributed by atoms with van der Waals surface area (Å²) in [6, 6.07) is 15.1. The summed E-state index contributed by atoms with van der Waals surface area (Å²) in [5.41, 5.74) is 2.89. The number of rotatable bonds is 8. The average Bonchev–Trinajstić information content (AvgIpc) is 2.79. The van der Waals surface area contributed by atoms with Crippen LogP contribution >= 0.6 is 0 Å². The minimum atomic E-state index is -0.557. The van der Waals surface area contributed by atoms with Gasteiger partial charge in [-0.15, -0.1) is 0 Å². The summed E-state index contributed by atoms with van der Waals surface area (Å²) in [5.74, 6) is 0.549. The van der Waals surface area contributed by atoms with Gasteiger partial charge in [-0.2, -0.15) is 0 Å². The first-order valence-electron chi connectivity index (χ1n) is 11.4. The third kappa shape index (κ3) is 6.57. The molecule has 0 aliphatic carbocycles. The molecule has 0 spiro atoms. The van der Waals surface area contributed by atoms with Crippen molar-refractivity contribution in [3.8, 4) is 5.75 Å². The fourth-order valence-corrected chi connectivity index (χ4v) is 4.02. The predicted octanol–water partition coefficient (Wildman–Crippen LogP) is 3.54. The van der Waals surface area contributed by atoms with Crippen molar-refractivity contribution in [1.29, 1.82) is 0 Å². The molecule has 172 valence electrons. The highest BCUT2D eigenvalue weighted by atomic mass is 16.5. The highest BCUT2D eigenvalue weighted by Gasteiger charge is 2.28. The normalized spacial score (nSPS) is 15.9. The van der Waals surface area contributed by atoms with E-state index in [2.05, 4.69) is 27.7 Å². The number of nitrogens with zero attached hydrogens (tertiary/aromatic N) is 1. The van der Waals surface area contributed by atoms with Gasteiger partial charge in [-0.25, -0.2) is 0 Å². The van der Waals surface area contributed by atoms with Crippen molar-refractivity contribution in [3.05, 3.63) is 65.2 Å². The molecule has 1 aliphatic rings. The summed E-state index contributed by atoms with van der Waals surface area (Å²) >= 11 is 0. The molecule has 1 aliphatic heterocycles. The number of carbonyl (C=O) groups is 2. The summed E-state index contributed by atoms with van der Waals surface area (Å²) in [4.78, 5) is 28.0. The van der Waals surface area contributed by atoms with Gasteiger partial charge in [0.05, 0.1) is 7.11 Å². The highest BCUT2D eigenvalue weighted by Crippen LogP contribution is 2.18. The van der Waals surface area contributed by atoms with E-state index in [4.69, 9.17) is 4.74 Å². The zero-order valence-corrected chi connectivity index (χ0v) is 19.6. The van der Waals surface area contributed by atoms with Gasteiger partial charge in [-0.3, -0.25) is 14.5 Å². The highest BCUT2D eigenvalue weighted by molar-refractivity contribution is 5.97. The zero-order valence-electron chi connectivity index (χ0n) is 19.6. The van der Waals surface area contributed by atoms with Crippen LogP contribution in [0.5, 0.6) is 5.75 Å². The van der Waals surface area contributed by atoms with Gasteiger partial charge in [0.25, 0.3) is 5.91 Å². The first-order valence-corrected chi connectivity index (χ1v) is 11.4. The lowest BCUT2D eigenvalue weighted by molar-refractivity contribution is -0.125. The second-order valence-corrected chi connectivity index (χ2v) is 8.97. The summed E-state index contributed by atoms with van der Waals surface area (Å²) in [6.07, 6.45) is 1.79. The Hall–Kier alpha value is -2.86. The van der Waals surface area contributed by atoms with Gasteiger partial charge >= 0.3 is 0 Å². The number of nitrogens with one attached hydrogen (secondary N) is 2. The Bertz CT molecular complexity index is 903. The van der Waals surface area contributed by atoms with E-state index in [1.807, 2.05) is 45.0 Å². The molecule has 32 heavy (non-hydrogen) atoms. The van der Waals surface area contributed by atoms with Crippen LogP contribution in [0, 0.1) is 12.8 Å². The second-order valence-electron chi connectivity index (χ2n) is 8.97. The number of carbonyl (C=O) groups excluding carboxylic acids is 2. The number of likely N-dealkylation sites (tertiary alicyclic amines) is 1. The Morgan fingerprint density at radius 3 is 2.41 bits per heavy atom. The van der Waals surface area contributed by atoms with E-state index in [-0.39, 0.29) is 23.8 Å². The third-order valence-corrected chi connectivity index (χ3v) is 6.02. The topological polar surface area (TPSA) is 70.7 Å². The molecule has 1 atom stereocenters. The van der Waals surface area contributed by atoms with Crippen LogP contribution in [0.25, 0.3) is 0 Å². The molecule has 0 aromatic heterocycles. The molecule has 1 fully saturated rings. The minimum absolute atomic E-state index is 0.00227. The van der Waals surface area contributed by atoms with Crippen molar-refractivity contribution in [2.75, 3.05) is 20.2 Å². The van der Waals surface area contributed by atoms with Crippen LogP contribution in [-0.2, 0) is 11.3 Å². The quantitative estimate of drug-likeness (QED) is 0.663. The van der Waals surface area contributed by atoms with E-state index in [0.717, 1.165) is 43.8 Å². The number of methoxy groups -OCH3 is 1. The monoisotopic (exact) mass is 437 g/mol. The maximum Gasteiger partial charge on any atom is 0.251 e. The van der Waals surface area contributed by atoms with Gasteiger partial charge in [-0.1, -0.05) is 43.7 Å². The van der Waals surface area contributed by atoms with Crippen molar-refractivity contribution >= 4 is 11.8 Å². The Morgan fingerprint density at radius 1 is 1.09 bits per heavy atom. The molecule has 1 saturated heterocycles. The number of hydrogen-bond acceptors (Lipinski definition) is 4. The van der Waals surface area contributed by atoms with Crippen LogP contribution in [0.2, 0.25) is 0 Å². The van der Waals surface area contributed by atoms with Crippen LogP contribution in [-0.4, -0.2) is 49.0 Å². The third-order valence-electron chi connectivity index (χ3n) is 6.02. The first-order chi connectivity index (χ1) is 15.4. The van der Waals surface area contributed by atoms with Crippen LogP contribution in [0.1, 0.15) is 48.2 Å². The number of ether oxygens (including phenoxy) is 1. The molecule has 6 nitrogen and oxygen atoms in total. The smallest absolute Gasteiger partial charge is 0.251 e. The standard InChI is InChI=1S/C26H35N3O3/c1-18(2)24(28-25(30)21-10-8-19(3)9-11-21)26(31)27-22-12-14-29(15-13-22)17-20-6-5-7-23(16-20)32-4/h5-11,16,18,22,24H,12-15,17H2,1-4H3,(H,27,31)(H,28,30). The van der Waals surface area contributed by atoms with Crippen molar-refractivity contribution < 1.29 is 14.3 Å². The van der Waals surface area contributed by atoms with Crippen molar-refractivity contribution in [3.63, 3.8) is 0 Å². The summed E-state index contributed by atoms with van der Waals surface area (Å²) in [6.45, 7) is 8.61. The summed E-state index contributed by atoms with van der Waals surface area (Å²) in [7, 11) is 1.68. The SMILES string of the molecule is COc1cccc(CN2CCC(NC(=O)C(NC(=O)c3ccc(C)cc3)C(C)C)CC2)c1. The lowest BCUT2D eigenvalue weighted by atomic mass is 9.99. The van der Waals surface area contributed by atoms with Crippen molar-refractivity contribution in [2.45, 2.75) is 52.2 Å². The molecule has 6 heteroatoms. The largest absolute Gasteiger partial charge is 0.497 e. The predicted molar refractivity (Wildman–Crippen MR) is 127 cm³/mol. The van der Waals surface area contributed by atoms with Gasteiger partial charge in [0.1, 0.15) is 11.8 Å². The molecular weight excluding hydrogens is 402 g/mol. The number of aryl methyl sites for hydroxylation is 1. The molecule has 2 amide bonds. The minimum Gasteiger partial charge on any atom is -0.497 e. The van der Waals surface area contributed by atoms with Gasteiger partial charge < -0.3 is 15.4 Å². The Kier molecular flexibility index (Phi) is 8.28. The van der Waals surface area contributed by atoms with E-state index in [0.29, 0.717) is 5.56 Å². The molecule has 3 rings (SSSR count). The maximum absolute atomic E-state index is 13.0. The number of hydrogen-bond donors (Lipinski definition) is 2. The van der Waals surface area contributed by atoms with Gasteiger partial charge in [0.15, 0.2) is 0 Å². The number of amides is 2. The fourth-order valence-electron chi connectivity index (χ4n) is 4.02. The van der Waals surface area contributed by atoms with Crippen LogP contribution in [0.4, 0.5) is 0 Å². The Labute approximate surface area is 191 Å². The van der Waals surface area contributed by atoms with E-state index < -0.39 is 6.04 Å². The summed E-state index contributed by atoms with van der Waals surface area (Å²) in [5, 5.41) is 6.09. The Balaban J connectivity index is 1.50.